The van der Waals surface area contributed by atoms with Gasteiger partial charge in [-0.25, -0.2) is 14.1 Å². The maximum Gasteiger partial charge on any atom is 0.267 e. The molecule has 0 radical (unpaired) electrons. The van der Waals surface area contributed by atoms with Crippen LogP contribution in [0.1, 0.15) is 34.7 Å². The van der Waals surface area contributed by atoms with E-state index >= 15 is 0 Å². The molecule has 4 N–H and O–H groups in total. The summed E-state index contributed by atoms with van der Waals surface area (Å²) in [6, 6.07) is 8.59. The normalized spacial score (nSPS) is 13.2. The number of anilines is 2. The Morgan fingerprint density at radius 3 is 2.91 bits per heavy atom. The summed E-state index contributed by atoms with van der Waals surface area (Å²) >= 11 is 1.27. The van der Waals surface area contributed by atoms with Crippen LogP contribution in [0.3, 0.4) is 0 Å². The molecule has 1 aliphatic rings. The molecule has 1 aliphatic heterocycles. The van der Waals surface area contributed by atoms with E-state index in [0.717, 1.165) is 0 Å². The number of nitrogens with one attached hydrogen (secondary N) is 2. The number of aromatic nitrogens is 4. The lowest BCUT2D eigenvalue weighted by molar-refractivity contribution is 0.0941. The molecule has 33 heavy (non-hydrogen) atoms. The third-order valence-corrected chi connectivity index (χ3v) is 6.19. The minimum atomic E-state index is -0.601. The van der Waals surface area contributed by atoms with Crippen molar-refractivity contribution in [3.05, 3.63) is 69.1 Å². The zero-order valence-electron chi connectivity index (χ0n) is 17.6. The summed E-state index contributed by atoms with van der Waals surface area (Å²) < 4.78 is 2.95. The summed E-state index contributed by atoms with van der Waals surface area (Å²) in [5, 5.41) is 11.9. The van der Waals surface area contributed by atoms with Gasteiger partial charge in [0.1, 0.15) is 17.1 Å². The highest BCUT2D eigenvalue weighted by atomic mass is 32.1. The van der Waals surface area contributed by atoms with Crippen LogP contribution >= 0.6 is 11.3 Å². The maximum atomic E-state index is 13.5. The summed E-state index contributed by atoms with van der Waals surface area (Å²) in [6.45, 7) is 2.34. The Hall–Kier alpha value is -4.36. The fourth-order valence-electron chi connectivity index (χ4n) is 3.86. The van der Waals surface area contributed by atoms with Crippen molar-refractivity contribution in [3.63, 3.8) is 0 Å². The van der Waals surface area contributed by atoms with Gasteiger partial charge in [0.15, 0.2) is 10.8 Å². The summed E-state index contributed by atoms with van der Waals surface area (Å²) in [5.74, 6) is 2.74. The molecular formula is C23H19N7O2S. The van der Waals surface area contributed by atoms with Crippen molar-refractivity contribution in [1.29, 1.82) is 0 Å². The second-order valence-corrected chi connectivity index (χ2v) is 8.28. The largest absolute Gasteiger partial charge is 0.381 e. The number of nitrogen functional groups attached to an aromatic ring is 1. The number of terminal acetylenes is 1. The van der Waals surface area contributed by atoms with Crippen LogP contribution in [0.25, 0.3) is 22.3 Å². The van der Waals surface area contributed by atoms with Crippen LogP contribution in [-0.2, 0) is 0 Å². The number of nitrogens with two attached hydrogens (primary N) is 1. The van der Waals surface area contributed by atoms with Crippen molar-refractivity contribution >= 4 is 40.0 Å². The van der Waals surface area contributed by atoms with Crippen molar-refractivity contribution in [2.75, 3.05) is 17.6 Å². The van der Waals surface area contributed by atoms with Gasteiger partial charge in [0.25, 0.3) is 11.5 Å². The second kappa shape index (κ2) is 7.96. The lowest BCUT2D eigenvalue weighted by Crippen LogP contribution is -2.31. The first-order chi connectivity index (χ1) is 16.0. The van der Waals surface area contributed by atoms with Crippen molar-refractivity contribution in [3.8, 4) is 23.5 Å². The van der Waals surface area contributed by atoms with Crippen LogP contribution in [0.15, 0.2) is 46.6 Å². The third-order valence-electron chi connectivity index (χ3n) is 5.36. The molecule has 0 fully saturated rings. The first-order valence-corrected chi connectivity index (χ1v) is 11.0. The van der Waals surface area contributed by atoms with E-state index in [4.69, 9.17) is 17.1 Å². The van der Waals surface area contributed by atoms with Crippen LogP contribution in [0.2, 0.25) is 0 Å². The van der Waals surface area contributed by atoms with E-state index in [2.05, 4.69) is 21.7 Å². The molecule has 1 unspecified atom stereocenters. The van der Waals surface area contributed by atoms with Gasteiger partial charge in [0.05, 0.1) is 17.3 Å². The number of rotatable bonds is 4. The molecule has 0 aliphatic carbocycles. The van der Waals surface area contributed by atoms with Gasteiger partial charge in [-0.1, -0.05) is 36.3 Å². The zero-order valence-corrected chi connectivity index (χ0v) is 18.4. The lowest BCUT2D eigenvalue weighted by Gasteiger charge is -2.18. The molecule has 10 heteroatoms. The van der Waals surface area contributed by atoms with Crippen molar-refractivity contribution in [1.82, 2.24) is 24.5 Å². The average Bonchev–Trinajstić information content (AvgIpc) is 3.39. The van der Waals surface area contributed by atoms with E-state index in [1.54, 1.807) is 18.5 Å². The van der Waals surface area contributed by atoms with Gasteiger partial charge in [-0.3, -0.25) is 9.59 Å². The molecule has 9 nitrogen and oxygen atoms in total. The Morgan fingerprint density at radius 2 is 2.15 bits per heavy atom. The summed E-state index contributed by atoms with van der Waals surface area (Å²) in [6.07, 6.45) is 9.20. The van der Waals surface area contributed by atoms with Gasteiger partial charge in [0.2, 0.25) is 0 Å². The van der Waals surface area contributed by atoms with Crippen LogP contribution in [0.5, 0.6) is 0 Å². The van der Waals surface area contributed by atoms with E-state index < -0.39 is 11.9 Å². The number of nitrogens with zero attached hydrogens (tertiary/aromatic N) is 4. The first kappa shape index (κ1) is 20.5. The number of carbonyl (C=O) groups is 1. The first-order valence-electron chi connectivity index (χ1n) is 10.1. The van der Waals surface area contributed by atoms with Crippen molar-refractivity contribution < 1.29 is 4.79 Å². The molecular weight excluding hydrogens is 438 g/mol. The fourth-order valence-corrected chi connectivity index (χ4v) is 4.68. The highest BCUT2D eigenvalue weighted by Crippen LogP contribution is 2.28. The van der Waals surface area contributed by atoms with Crippen LogP contribution < -0.4 is 21.9 Å². The highest BCUT2D eigenvalue weighted by Gasteiger charge is 2.27. The Labute approximate surface area is 192 Å². The Bertz CT molecular complexity index is 1520. The van der Waals surface area contributed by atoms with Crippen LogP contribution in [-0.4, -0.2) is 31.6 Å². The summed E-state index contributed by atoms with van der Waals surface area (Å²) in [7, 11) is 0. The summed E-state index contributed by atoms with van der Waals surface area (Å²) in [4.78, 5) is 31.9. The fraction of sp³-hybridized carbons (Fsp3) is 0.130. The molecule has 1 aromatic carbocycles. The molecule has 0 spiro atoms. The number of carbonyl (C=O) groups excluding carboxylic acids is 1. The zero-order chi connectivity index (χ0) is 23.1. The van der Waals surface area contributed by atoms with E-state index in [1.807, 2.05) is 36.4 Å². The molecule has 4 aromatic rings. The van der Waals surface area contributed by atoms with Gasteiger partial charge >= 0.3 is 0 Å². The van der Waals surface area contributed by atoms with Gasteiger partial charge in [-0.05, 0) is 18.6 Å². The number of hydrogen-bond donors (Lipinski definition) is 3. The predicted molar refractivity (Wildman–Crippen MR) is 129 cm³/mol. The van der Waals surface area contributed by atoms with Crippen LogP contribution in [0.4, 0.5) is 11.6 Å². The number of thiazole rings is 1. The average molecular weight is 458 g/mol. The molecule has 1 amide bonds. The van der Waals surface area contributed by atoms with Gasteiger partial charge in [0, 0.05) is 18.1 Å². The molecule has 0 saturated heterocycles. The highest BCUT2D eigenvalue weighted by molar-refractivity contribution is 7.15. The smallest absolute Gasteiger partial charge is 0.267 e. The molecule has 0 saturated carbocycles. The van der Waals surface area contributed by atoms with E-state index in [-0.39, 0.29) is 16.9 Å². The quantitative estimate of drug-likeness (QED) is 0.405. The Balaban J connectivity index is 1.61. The van der Waals surface area contributed by atoms with E-state index in [0.29, 0.717) is 39.8 Å². The van der Waals surface area contributed by atoms with Crippen LogP contribution in [0, 0.1) is 12.3 Å². The maximum absolute atomic E-state index is 13.5. The second-order valence-electron chi connectivity index (χ2n) is 7.44. The molecule has 3 aromatic heterocycles. The molecule has 4 heterocycles. The third kappa shape index (κ3) is 3.35. The Morgan fingerprint density at radius 1 is 1.36 bits per heavy atom. The topological polar surface area (TPSA) is 119 Å². The minimum Gasteiger partial charge on any atom is -0.381 e. The van der Waals surface area contributed by atoms with Gasteiger partial charge < -0.3 is 16.4 Å². The monoisotopic (exact) mass is 457 g/mol. The summed E-state index contributed by atoms with van der Waals surface area (Å²) in [5.41, 5.74) is 7.92. The SMILES string of the molecule is C#Cc1csc2nc(C(C)NC(=O)c3c(N)nn4c3NCC=C4)c(-c3ccccc3)c(=O)n12. The molecule has 164 valence electrons. The molecule has 5 rings (SSSR count). The standard InChI is InChI=1S/C23H19N7O2S/c1-3-15-12-33-23-27-18(16(22(32)30(15)23)14-8-5-4-6-9-14)13(2)26-21(31)17-19(24)28-29-11-7-10-25-20(17)29/h1,4-9,11-13,25H,10H2,2H3,(H2,24,28)(H,26,31). The van der Waals surface area contributed by atoms with Crippen molar-refractivity contribution in [2.24, 2.45) is 0 Å². The van der Waals surface area contributed by atoms with Crippen molar-refractivity contribution in [2.45, 2.75) is 13.0 Å². The number of hydrogen-bond acceptors (Lipinski definition) is 7. The predicted octanol–water partition coefficient (Wildman–Crippen LogP) is 2.57. The van der Waals surface area contributed by atoms with E-state index in [9.17, 15) is 9.59 Å². The van der Waals surface area contributed by atoms with Gasteiger partial charge in [-0.2, -0.15) is 0 Å². The minimum absolute atomic E-state index is 0.109. The lowest BCUT2D eigenvalue weighted by atomic mass is 10.0. The molecule has 0 bridgehead atoms. The molecule has 1 atom stereocenters. The van der Waals surface area contributed by atoms with E-state index in [1.165, 1.54) is 20.4 Å². The number of benzene rings is 1. The Kier molecular flexibility index (Phi) is 4.95. The number of amides is 1. The number of fused-ring (bicyclic) bond motifs is 2. The van der Waals surface area contributed by atoms with Gasteiger partial charge in [-0.15, -0.1) is 22.9 Å².